The first kappa shape index (κ1) is 12.2. The minimum atomic E-state index is -4.25. The summed E-state index contributed by atoms with van der Waals surface area (Å²) < 4.78 is 30.4. The van der Waals surface area contributed by atoms with Gasteiger partial charge in [0.25, 0.3) is 5.78 Å². The van der Waals surface area contributed by atoms with Crippen LogP contribution in [0.3, 0.4) is 0 Å². The lowest BCUT2D eigenvalue weighted by Crippen LogP contribution is -2.40. The number of halogens is 2. The molecular formula is C9H8F2N2O3. The van der Waals surface area contributed by atoms with Crippen LogP contribution in [0.15, 0.2) is 18.5 Å². The molecule has 7 heteroatoms. The van der Waals surface area contributed by atoms with Crippen molar-refractivity contribution in [1.82, 2.24) is 9.97 Å². The van der Waals surface area contributed by atoms with Gasteiger partial charge in [0.1, 0.15) is 0 Å². The number of rotatable bonds is 4. The Morgan fingerprint density at radius 1 is 1.38 bits per heavy atom. The lowest BCUT2D eigenvalue weighted by atomic mass is 10.2. The molecule has 0 bridgehead atoms. The first-order valence-corrected chi connectivity index (χ1v) is 4.37. The van der Waals surface area contributed by atoms with Crippen molar-refractivity contribution in [3.63, 3.8) is 0 Å². The molecule has 0 saturated carbocycles. The number of hydrogen-bond donors (Lipinski definition) is 0. The predicted octanol–water partition coefficient (Wildman–Crippen LogP) is 0.858. The van der Waals surface area contributed by atoms with Gasteiger partial charge in [0.2, 0.25) is 5.82 Å². The molecule has 1 rings (SSSR count). The van der Waals surface area contributed by atoms with E-state index in [9.17, 15) is 18.4 Å². The molecule has 0 saturated heterocycles. The number of ether oxygens (including phenoxy) is 1. The minimum absolute atomic E-state index is 0.239. The SMILES string of the molecule is CCOC(=O)C(F)(F)C(=O)c1ncccn1. The highest BCUT2D eigenvalue weighted by Gasteiger charge is 2.50. The minimum Gasteiger partial charge on any atom is -0.461 e. The van der Waals surface area contributed by atoms with E-state index in [1.165, 1.54) is 13.0 Å². The van der Waals surface area contributed by atoms with Crippen LogP contribution in [0.1, 0.15) is 17.5 Å². The number of ketones is 1. The van der Waals surface area contributed by atoms with E-state index in [2.05, 4.69) is 14.7 Å². The Bertz CT molecular complexity index is 395. The zero-order chi connectivity index (χ0) is 12.2. The summed E-state index contributed by atoms with van der Waals surface area (Å²) in [5.41, 5.74) is 0. The van der Waals surface area contributed by atoms with E-state index in [0.29, 0.717) is 0 Å². The van der Waals surface area contributed by atoms with Crippen LogP contribution in [0.25, 0.3) is 0 Å². The summed E-state index contributed by atoms with van der Waals surface area (Å²) in [7, 11) is 0. The van der Waals surface area contributed by atoms with Gasteiger partial charge < -0.3 is 4.74 Å². The quantitative estimate of drug-likeness (QED) is 0.436. The Morgan fingerprint density at radius 3 is 2.44 bits per heavy atom. The molecule has 0 radical (unpaired) electrons. The van der Waals surface area contributed by atoms with E-state index in [1.54, 1.807) is 0 Å². The van der Waals surface area contributed by atoms with E-state index in [4.69, 9.17) is 0 Å². The summed E-state index contributed by atoms with van der Waals surface area (Å²) >= 11 is 0. The van der Waals surface area contributed by atoms with Gasteiger partial charge in [-0.1, -0.05) is 0 Å². The van der Waals surface area contributed by atoms with Crippen molar-refractivity contribution in [3.8, 4) is 0 Å². The van der Waals surface area contributed by atoms with Gasteiger partial charge in [-0.2, -0.15) is 8.78 Å². The Morgan fingerprint density at radius 2 is 1.94 bits per heavy atom. The highest BCUT2D eigenvalue weighted by Crippen LogP contribution is 2.19. The second-order valence-corrected chi connectivity index (χ2v) is 2.70. The Kier molecular flexibility index (Phi) is 3.60. The maximum absolute atomic E-state index is 13.2. The molecule has 5 nitrogen and oxygen atoms in total. The number of hydrogen-bond acceptors (Lipinski definition) is 5. The summed E-state index contributed by atoms with van der Waals surface area (Å²) in [6.07, 6.45) is 2.25. The standard InChI is InChI=1S/C9H8F2N2O3/c1-2-16-8(15)9(10,11)6(14)7-12-4-3-5-13-7/h3-5H,2H2,1H3. The van der Waals surface area contributed by atoms with E-state index in [-0.39, 0.29) is 6.61 Å². The van der Waals surface area contributed by atoms with Crippen molar-refractivity contribution >= 4 is 11.8 Å². The van der Waals surface area contributed by atoms with Gasteiger partial charge in [-0.25, -0.2) is 14.8 Å². The maximum atomic E-state index is 13.2. The largest absolute Gasteiger partial charge is 0.461 e. The van der Waals surface area contributed by atoms with E-state index in [1.807, 2.05) is 0 Å². The number of alkyl halides is 2. The van der Waals surface area contributed by atoms with Crippen molar-refractivity contribution in [2.24, 2.45) is 0 Å². The molecular weight excluding hydrogens is 222 g/mol. The fraction of sp³-hybridized carbons (Fsp3) is 0.333. The number of carbonyl (C=O) groups is 2. The molecule has 0 amide bonds. The number of Topliss-reactive ketones (excluding diaryl/α,β-unsaturated/α-hetero) is 1. The van der Waals surface area contributed by atoms with Gasteiger partial charge >= 0.3 is 11.9 Å². The van der Waals surface area contributed by atoms with Crippen molar-refractivity contribution in [2.75, 3.05) is 6.61 Å². The van der Waals surface area contributed by atoms with Crippen LogP contribution in [-0.2, 0) is 9.53 Å². The summed E-state index contributed by atoms with van der Waals surface area (Å²) in [6, 6.07) is 1.36. The monoisotopic (exact) mass is 230 g/mol. The van der Waals surface area contributed by atoms with Gasteiger partial charge in [-0.05, 0) is 13.0 Å². The highest BCUT2D eigenvalue weighted by molar-refractivity contribution is 6.12. The molecule has 1 aromatic heterocycles. The zero-order valence-electron chi connectivity index (χ0n) is 8.31. The molecule has 1 aromatic rings. The molecule has 0 unspecified atom stereocenters. The smallest absolute Gasteiger partial charge is 0.407 e. The molecule has 0 aliphatic heterocycles. The third-order valence-electron chi connectivity index (χ3n) is 1.59. The van der Waals surface area contributed by atoms with E-state index >= 15 is 0 Å². The number of nitrogens with zero attached hydrogens (tertiary/aromatic N) is 2. The zero-order valence-corrected chi connectivity index (χ0v) is 8.31. The van der Waals surface area contributed by atoms with Crippen LogP contribution < -0.4 is 0 Å². The van der Waals surface area contributed by atoms with Crippen molar-refractivity contribution < 1.29 is 23.1 Å². The van der Waals surface area contributed by atoms with Crippen LogP contribution in [0, 0.1) is 0 Å². The fourth-order valence-corrected chi connectivity index (χ4v) is 0.871. The number of esters is 1. The normalized spacial score (nSPS) is 10.9. The highest BCUT2D eigenvalue weighted by atomic mass is 19.3. The van der Waals surface area contributed by atoms with Crippen LogP contribution in [0.2, 0.25) is 0 Å². The van der Waals surface area contributed by atoms with Crippen LogP contribution in [0.5, 0.6) is 0 Å². The maximum Gasteiger partial charge on any atom is 0.407 e. The van der Waals surface area contributed by atoms with Crippen LogP contribution in [-0.4, -0.2) is 34.2 Å². The average molecular weight is 230 g/mol. The summed E-state index contributed by atoms with van der Waals surface area (Å²) in [5.74, 6) is -8.64. The summed E-state index contributed by atoms with van der Waals surface area (Å²) in [6.45, 7) is 1.12. The molecule has 1 heterocycles. The molecule has 86 valence electrons. The van der Waals surface area contributed by atoms with E-state index < -0.39 is 23.5 Å². The molecule has 16 heavy (non-hydrogen) atoms. The van der Waals surface area contributed by atoms with Gasteiger partial charge in [0.05, 0.1) is 6.61 Å². The molecule has 0 spiro atoms. The number of carbonyl (C=O) groups excluding carboxylic acids is 2. The lowest BCUT2D eigenvalue weighted by Gasteiger charge is -2.11. The Balaban J connectivity index is 2.92. The lowest BCUT2D eigenvalue weighted by molar-refractivity contribution is -0.164. The Hall–Kier alpha value is -1.92. The predicted molar refractivity (Wildman–Crippen MR) is 47.9 cm³/mol. The second kappa shape index (κ2) is 4.73. The van der Waals surface area contributed by atoms with Crippen molar-refractivity contribution in [3.05, 3.63) is 24.3 Å². The summed E-state index contributed by atoms with van der Waals surface area (Å²) in [5, 5.41) is 0. The molecule has 0 aliphatic carbocycles. The molecule has 0 atom stereocenters. The molecule has 0 aliphatic rings. The molecule has 0 aromatic carbocycles. The fourth-order valence-electron chi connectivity index (χ4n) is 0.871. The van der Waals surface area contributed by atoms with Gasteiger partial charge in [-0.15, -0.1) is 0 Å². The van der Waals surface area contributed by atoms with Crippen LogP contribution in [0.4, 0.5) is 8.78 Å². The molecule has 0 fully saturated rings. The first-order chi connectivity index (χ1) is 7.50. The first-order valence-electron chi connectivity index (χ1n) is 4.37. The van der Waals surface area contributed by atoms with Gasteiger partial charge in [0.15, 0.2) is 0 Å². The second-order valence-electron chi connectivity index (χ2n) is 2.70. The topological polar surface area (TPSA) is 69.2 Å². The molecule has 0 N–H and O–H groups in total. The van der Waals surface area contributed by atoms with Crippen molar-refractivity contribution in [1.29, 1.82) is 0 Å². The Labute approximate surface area is 89.5 Å². The average Bonchev–Trinajstić information content (AvgIpc) is 2.29. The van der Waals surface area contributed by atoms with Crippen LogP contribution >= 0.6 is 0 Å². The van der Waals surface area contributed by atoms with E-state index in [0.717, 1.165) is 12.4 Å². The van der Waals surface area contributed by atoms with Gasteiger partial charge in [-0.3, -0.25) is 4.79 Å². The van der Waals surface area contributed by atoms with Gasteiger partial charge in [0, 0.05) is 12.4 Å². The summed E-state index contributed by atoms with van der Waals surface area (Å²) in [4.78, 5) is 28.7. The number of aromatic nitrogens is 2. The third kappa shape index (κ3) is 2.36. The van der Waals surface area contributed by atoms with Crippen molar-refractivity contribution in [2.45, 2.75) is 12.8 Å². The third-order valence-corrected chi connectivity index (χ3v) is 1.59.